The van der Waals surface area contributed by atoms with Gasteiger partial charge < -0.3 is 15.4 Å². The Morgan fingerprint density at radius 2 is 2.35 bits per heavy atom. The second-order valence-corrected chi connectivity index (χ2v) is 6.52. The van der Waals surface area contributed by atoms with Gasteiger partial charge in [0.25, 0.3) is 5.91 Å². The molecular weight excluding hydrogens is 272 g/mol. The van der Waals surface area contributed by atoms with Gasteiger partial charge >= 0.3 is 0 Å². The number of hydrogen-bond acceptors (Lipinski definition) is 4. The van der Waals surface area contributed by atoms with Crippen molar-refractivity contribution in [2.24, 2.45) is 5.73 Å². The third kappa shape index (κ3) is 3.40. The molecule has 1 saturated heterocycles. The smallest absolute Gasteiger partial charge is 0.264 e. The van der Waals surface area contributed by atoms with Crippen molar-refractivity contribution in [2.75, 3.05) is 26.2 Å². The summed E-state index contributed by atoms with van der Waals surface area (Å²) in [6.45, 7) is 8.16. The van der Waals surface area contributed by atoms with E-state index in [4.69, 9.17) is 10.5 Å². The molecule has 0 spiro atoms. The number of thiophene rings is 1. The number of carbonyl (C=O) groups is 1. The van der Waals surface area contributed by atoms with Gasteiger partial charge in [0.15, 0.2) is 0 Å². The molecule has 1 aromatic heterocycles. The molecule has 0 atom stereocenters. The molecule has 1 fully saturated rings. The predicted octanol–water partition coefficient (Wildman–Crippen LogP) is 1.62. The summed E-state index contributed by atoms with van der Waals surface area (Å²) < 4.78 is 5.64. The van der Waals surface area contributed by atoms with Crippen molar-refractivity contribution in [3.05, 3.63) is 21.4 Å². The van der Waals surface area contributed by atoms with E-state index in [9.17, 15) is 4.79 Å². The first-order chi connectivity index (χ1) is 9.43. The SMILES string of the molecule is Cc1cc(C(=O)N2CCOC(C)(C)C2)sc1C#CCN. The summed E-state index contributed by atoms with van der Waals surface area (Å²) in [5, 5.41) is 0. The van der Waals surface area contributed by atoms with Crippen LogP contribution in [-0.2, 0) is 4.74 Å². The zero-order valence-electron chi connectivity index (χ0n) is 12.2. The van der Waals surface area contributed by atoms with Gasteiger partial charge in [0.1, 0.15) is 0 Å². The van der Waals surface area contributed by atoms with Crippen LogP contribution in [0.2, 0.25) is 0 Å². The predicted molar refractivity (Wildman–Crippen MR) is 80.9 cm³/mol. The third-order valence-electron chi connectivity index (χ3n) is 3.15. The minimum absolute atomic E-state index is 0.0651. The summed E-state index contributed by atoms with van der Waals surface area (Å²) >= 11 is 1.44. The number of nitrogens with zero attached hydrogens (tertiary/aromatic N) is 1. The van der Waals surface area contributed by atoms with E-state index >= 15 is 0 Å². The zero-order valence-corrected chi connectivity index (χ0v) is 13.0. The largest absolute Gasteiger partial charge is 0.372 e. The molecule has 0 bridgehead atoms. The van der Waals surface area contributed by atoms with Crippen LogP contribution in [0.25, 0.3) is 0 Å². The lowest BCUT2D eigenvalue weighted by Gasteiger charge is -2.37. The Bertz CT molecular complexity index is 566. The second kappa shape index (κ2) is 5.96. The number of morpholine rings is 1. The van der Waals surface area contributed by atoms with Crippen LogP contribution in [0.3, 0.4) is 0 Å². The van der Waals surface area contributed by atoms with Crippen LogP contribution in [0, 0.1) is 18.8 Å². The molecular formula is C15H20N2O2S. The minimum Gasteiger partial charge on any atom is -0.372 e. The average molecular weight is 292 g/mol. The molecule has 1 aliphatic heterocycles. The highest BCUT2D eigenvalue weighted by Crippen LogP contribution is 2.25. The van der Waals surface area contributed by atoms with Gasteiger partial charge in [-0.1, -0.05) is 11.8 Å². The van der Waals surface area contributed by atoms with Crippen molar-refractivity contribution in [3.8, 4) is 11.8 Å². The topological polar surface area (TPSA) is 55.6 Å². The Hall–Kier alpha value is -1.35. The van der Waals surface area contributed by atoms with Gasteiger partial charge in [-0.2, -0.15) is 0 Å². The van der Waals surface area contributed by atoms with E-state index in [1.54, 1.807) is 0 Å². The standard InChI is InChI=1S/C15H20N2O2S/c1-11-9-13(20-12(11)5-4-6-16)14(18)17-7-8-19-15(2,3)10-17/h9H,6-8,10,16H2,1-3H3. The maximum absolute atomic E-state index is 12.5. The van der Waals surface area contributed by atoms with E-state index in [-0.39, 0.29) is 11.5 Å². The Balaban J connectivity index is 2.17. The molecule has 0 radical (unpaired) electrons. The summed E-state index contributed by atoms with van der Waals surface area (Å²) in [6, 6.07) is 1.91. The summed E-state index contributed by atoms with van der Waals surface area (Å²) in [7, 11) is 0. The molecule has 2 heterocycles. The molecule has 0 aliphatic carbocycles. The summed E-state index contributed by atoms with van der Waals surface area (Å²) in [5.74, 6) is 5.91. The zero-order chi connectivity index (χ0) is 14.8. The fourth-order valence-electron chi connectivity index (χ4n) is 2.19. The van der Waals surface area contributed by atoms with Crippen molar-refractivity contribution < 1.29 is 9.53 Å². The Morgan fingerprint density at radius 3 is 3.00 bits per heavy atom. The Morgan fingerprint density at radius 1 is 1.60 bits per heavy atom. The number of ether oxygens (including phenoxy) is 1. The first-order valence-corrected chi connectivity index (χ1v) is 7.47. The fraction of sp³-hybridized carbons (Fsp3) is 0.533. The van der Waals surface area contributed by atoms with Crippen LogP contribution in [0.5, 0.6) is 0 Å². The number of amides is 1. The highest BCUT2D eigenvalue weighted by molar-refractivity contribution is 7.14. The lowest BCUT2D eigenvalue weighted by Crippen LogP contribution is -2.50. The molecule has 1 amide bonds. The molecule has 5 heteroatoms. The number of hydrogen-bond donors (Lipinski definition) is 1. The lowest BCUT2D eigenvalue weighted by atomic mass is 10.1. The maximum Gasteiger partial charge on any atom is 0.264 e. The first kappa shape index (κ1) is 15.0. The van der Waals surface area contributed by atoms with Crippen molar-refractivity contribution >= 4 is 17.2 Å². The number of aryl methyl sites for hydroxylation is 1. The van der Waals surface area contributed by atoms with Crippen molar-refractivity contribution in [1.29, 1.82) is 0 Å². The van der Waals surface area contributed by atoms with E-state index in [0.717, 1.165) is 15.3 Å². The highest BCUT2D eigenvalue weighted by Gasteiger charge is 2.31. The van der Waals surface area contributed by atoms with Gasteiger partial charge in [-0.05, 0) is 32.4 Å². The van der Waals surface area contributed by atoms with Crippen LogP contribution < -0.4 is 5.73 Å². The average Bonchev–Trinajstić information content (AvgIpc) is 2.75. The minimum atomic E-state index is -0.275. The third-order valence-corrected chi connectivity index (χ3v) is 4.29. The van der Waals surface area contributed by atoms with Gasteiger partial charge in [-0.3, -0.25) is 4.79 Å². The molecule has 4 nitrogen and oxygen atoms in total. The van der Waals surface area contributed by atoms with Crippen LogP contribution in [0.15, 0.2) is 6.07 Å². The van der Waals surface area contributed by atoms with Gasteiger partial charge in [0.05, 0.1) is 28.5 Å². The van der Waals surface area contributed by atoms with Crippen molar-refractivity contribution in [1.82, 2.24) is 4.90 Å². The summed E-state index contributed by atoms with van der Waals surface area (Å²) in [4.78, 5) is 16.1. The van der Waals surface area contributed by atoms with E-state index in [1.807, 2.05) is 31.7 Å². The molecule has 0 unspecified atom stereocenters. The van der Waals surface area contributed by atoms with Gasteiger partial charge in [0, 0.05) is 13.1 Å². The van der Waals surface area contributed by atoms with Crippen LogP contribution in [0.4, 0.5) is 0 Å². The monoisotopic (exact) mass is 292 g/mol. The molecule has 2 rings (SSSR count). The van der Waals surface area contributed by atoms with Crippen LogP contribution >= 0.6 is 11.3 Å². The molecule has 1 aromatic rings. The van der Waals surface area contributed by atoms with E-state index < -0.39 is 0 Å². The lowest BCUT2D eigenvalue weighted by molar-refractivity contribution is -0.0763. The second-order valence-electron chi connectivity index (χ2n) is 5.46. The number of nitrogens with two attached hydrogens (primary N) is 1. The molecule has 2 N–H and O–H groups in total. The fourth-order valence-corrected chi connectivity index (χ4v) is 3.20. The molecule has 20 heavy (non-hydrogen) atoms. The van der Waals surface area contributed by atoms with Gasteiger partial charge in [-0.25, -0.2) is 0 Å². The quantitative estimate of drug-likeness (QED) is 0.800. The Kier molecular flexibility index (Phi) is 4.48. The summed E-state index contributed by atoms with van der Waals surface area (Å²) in [6.07, 6.45) is 0. The van der Waals surface area contributed by atoms with Crippen LogP contribution in [0.1, 0.15) is 34.0 Å². The molecule has 0 saturated carbocycles. The Labute approximate surface area is 123 Å². The van der Waals surface area contributed by atoms with Crippen molar-refractivity contribution in [2.45, 2.75) is 26.4 Å². The highest BCUT2D eigenvalue weighted by atomic mass is 32.1. The maximum atomic E-state index is 12.5. The van der Waals surface area contributed by atoms with E-state index in [1.165, 1.54) is 11.3 Å². The molecule has 108 valence electrons. The normalized spacial score (nSPS) is 17.5. The van der Waals surface area contributed by atoms with Gasteiger partial charge in [-0.15, -0.1) is 11.3 Å². The summed E-state index contributed by atoms with van der Waals surface area (Å²) in [5.41, 5.74) is 6.14. The van der Waals surface area contributed by atoms with E-state index in [0.29, 0.717) is 26.2 Å². The van der Waals surface area contributed by atoms with Crippen LogP contribution in [-0.4, -0.2) is 42.6 Å². The number of rotatable bonds is 1. The first-order valence-electron chi connectivity index (χ1n) is 6.65. The molecule has 0 aromatic carbocycles. The van der Waals surface area contributed by atoms with Crippen molar-refractivity contribution in [3.63, 3.8) is 0 Å². The molecule has 1 aliphatic rings. The number of carbonyl (C=O) groups excluding carboxylic acids is 1. The van der Waals surface area contributed by atoms with Gasteiger partial charge in [0.2, 0.25) is 0 Å². The van der Waals surface area contributed by atoms with E-state index in [2.05, 4.69) is 11.8 Å².